The van der Waals surface area contributed by atoms with Gasteiger partial charge in [0.15, 0.2) is 0 Å². The molecule has 1 aromatic carbocycles. The fourth-order valence-corrected chi connectivity index (χ4v) is 2.26. The van der Waals surface area contributed by atoms with E-state index in [0.717, 1.165) is 19.6 Å². The predicted octanol–water partition coefficient (Wildman–Crippen LogP) is 1.76. The average molecular weight is 262 g/mol. The molecule has 0 aliphatic carbocycles. The summed E-state index contributed by atoms with van der Waals surface area (Å²) in [5.74, 6) is 0. The van der Waals surface area contributed by atoms with Crippen molar-refractivity contribution in [3.05, 3.63) is 36.0 Å². The van der Waals surface area contributed by atoms with Crippen LogP contribution in [-0.4, -0.2) is 36.0 Å². The lowest BCUT2D eigenvalue weighted by atomic mass is 10.1. The standard InChI is InChI=1S/C15H22N2O2/c1-2-16-12-14-5-3-4-13-6-7-17(15(13)14)8-10-19-11-9-18/h3-7,16,18H,2,8-12H2,1H3. The van der Waals surface area contributed by atoms with Gasteiger partial charge in [0.25, 0.3) is 0 Å². The highest BCUT2D eigenvalue weighted by Crippen LogP contribution is 2.20. The lowest BCUT2D eigenvalue weighted by molar-refractivity contribution is 0.0875. The Morgan fingerprint density at radius 1 is 1.26 bits per heavy atom. The molecule has 4 nitrogen and oxygen atoms in total. The van der Waals surface area contributed by atoms with Crippen LogP contribution in [-0.2, 0) is 17.8 Å². The van der Waals surface area contributed by atoms with Gasteiger partial charge in [-0.05, 0) is 23.6 Å². The minimum Gasteiger partial charge on any atom is -0.394 e. The Kier molecular flexibility index (Phi) is 5.39. The second-order valence-electron chi connectivity index (χ2n) is 4.48. The van der Waals surface area contributed by atoms with E-state index >= 15 is 0 Å². The number of nitrogens with one attached hydrogen (secondary N) is 1. The highest BCUT2D eigenvalue weighted by molar-refractivity contribution is 5.83. The van der Waals surface area contributed by atoms with E-state index < -0.39 is 0 Å². The van der Waals surface area contributed by atoms with Crippen LogP contribution in [0.3, 0.4) is 0 Å². The van der Waals surface area contributed by atoms with Crippen molar-refractivity contribution in [1.82, 2.24) is 9.88 Å². The Morgan fingerprint density at radius 3 is 2.95 bits per heavy atom. The summed E-state index contributed by atoms with van der Waals surface area (Å²) in [6.45, 7) is 5.89. The van der Waals surface area contributed by atoms with Gasteiger partial charge in [-0.15, -0.1) is 0 Å². The number of aliphatic hydroxyl groups is 1. The molecule has 0 atom stereocenters. The van der Waals surface area contributed by atoms with Gasteiger partial charge in [-0.2, -0.15) is 0 Å². The summed E-state index contributed by atoms with van der Waals surface area (Å²) in [6.07, 6.45) is 2.10. The number of benzene rings is 1. The maximum Gasteiger partial charge on any atom is 0.0698 e. The van der Waals surface area contributed by atoms with Crippen LogP contribution in [0, 0.1) is 0 Å². The fraction of sp³-hybridized carbons (Fsp3) is 0.467. The molecule has 0 unspecified atom stereocenters. The molecule has 0 saturated heterocycles. The van der Waals surface area contributed by atoms with Crippen LogP contribution in [0.25, 0.3) is 10.9 Å². The average Bonchev–Trinajstić information content (AvgIpc) is 2.85. The molecule has 19 heavy (non-hydrogen) atoms. The molecule has 0 spiro atoms. The van der Waals surface area contributed by atoms with Gasteiger partial charge in [-0.3, -0.25) is 0 Å². The summed E-state index contributed by atoms with van der Waals surface area (Å²) in [5, 5.41) is 13.3. The van der Waals surface area contributed by atoms with Gasteiger partial charge in [0, 0.05) is 19.3 Å². The van der Waals surface area contributed by atoms with Crippen molar-refractivity contribution >= 4 is 10.9 Å². The number of aliphatic hydroxyl groups excluding tert-OH is 1. The number of rotatable bonds is 8. The summed E-state index contributed by atoms with van der Waals surface area (Å²) in [4.78, 5) is 0. The van der Waals surface area contributed by atoms with Crippen molar-refractivity contribution in [3.63, 3.8) is 0 Å². The molecule has 2 aromatic rings. The third-order valence-electron chi connectivity index (χ3n) is 3.15. The number of aromatic nitrogens is 1. The van der Waals surface area contributed by atoms with E-state index in [1.54, 1.807) is 0 Å². The Balaban J connectivity index is 2.14. The summed E-state index contributed by atoms with van der Waals surface area (Å²) < 4.78 is 7.56. The lowest BCUT2D eigenvalue weighted by Crippen LogP contribution is -2.13. The number of fused-ring (bicyclic) bond motifs is 1. The number of hydrogen-bond donors (Lipinski definition) is 2. The highest BCUT2D eigenvalue weighted by Gasteiger charge is 2.06. The summed E-state index contributed by atoms with van der Waals surface area (Å²) in [6, 6.07) is 8.53. The molecule has 0 aliphatic rings. The first-order valence-corrected chi connectivity index (χ1v) is 6.83. The number of nitrogens with zero attached hydrogens (tertiary/aromatic N) is 1. The van der Waals surface area contributed by atoms with E-state index in [1.807, 2.05) is 0 Å². The first kappa shape index (κ1) is 14.1. The van der Waals surface area contributed by atoms with E-state index in [2.05, 4.69) is 47.3 Å². The third kappa shape index (κ3) is 3.56. The fourth-order valence-electron chi connectivity index (χ4n) is 2.26. The zero-order valence-electron chi connectivity index (χ0n) is 11.4. The maximum atomic E-state index is 8.70. The van der Waals surface area contributed by atoms with Crippen molar-refractivity contribution in [1.29, 1.82) is 0 Å². The van der Waals surface area contributed by atoms with Gasteiger partial charge in [0.1, 0.15) is 0 Å². The molecule has 1 heterocycles. The van der Waals surface area contributed by atoms with Crippen molar-refractivity contribution in [2.45, 2.75) is 20.0 Å². The first-order valence-electron chi connectivity index (χ1n) is 6.83. The molecule has 104 valence electrons. The second-order valence-corrected chi connectivity index (χ2v) is 4.48. The number of hydrogen-bond acceptors (Lipinski definition) is 3. The molecule has 0 fully saturated rings. The SMILES string of the molecule is CCNCc1cccc2ccn(CCOCCO)c12. The summed E-state index contributed by atoms with van der Waals surface area (Å²) >= 11 is 0. The Hall–Kier alpha value is -1.36. The Bertz CT molecular complexity index is 508. The van der Waals surface area contributed by atoms with Gasteiger partial charge < -0.3 is 19.7 Å². The quantitative estimate of drug-likeness (QED) is 0.713. The van der Waals surface area contributed by atoms with Crippen molar-refractivity contribution < 1.29 is 9.84 Å². The van der Waals surface area contributed by atoms with Crippen LogP contribution < -0.4 is 5.32 Å². The molecular weight excluding hydrogens is 240 g/mol. The molecule has 2 rings (SSSR count). The zero-order valence-corrected chi connectivity index (χ0v) is 11.4. The second kappa shape index (κ2) is 7.28. The highest BCUT2D eigenvalue weighted by atomic mass is 16.5. The van der Waals surface area contributed by atoms with Crippen LogP contribution in [0.15, 0.2) is 30.5 Å². The van der Waals surface area contributed by atoms with Gasteiger partial charge in [-0.1, -0.05) is 25.1 Å². The van der Waals surface area contributed by atoms with Gasteiger partial charge in [0.2, 0.25) is 0 Å². The van der Waals surface area contributed by atoms with Crippen LogP contribution in [0.5, 0.6) is 0 Å². The molecule has 2 N–H and O–H groups in total. The smallest absolute Gasteiger partial charge is 0.0698 e. The largest absolute Gasteiger partial charge is 0.394 e. The van der Waals surface area contributed by atoms with Crippen LogP contribution in [0.4, 0.5) is 0 Å². The topological polar surface area (TPSA) is 46.4 Å². The Morgan fingerprint density at radius 2 is 2.16 bits per heavy atom. The monoisotopic (exact) mass is 262 g/mol. The third-order valence-corrected chi connectivity index (χ3v) is 3.15. The van der Waals surface area contributed by atoms with Crippen molar-refractivity contribution in [3.8, 4) is 0 Å². The Labute approximate surface area is 114 Å². The molecule has 4 heteroatoms. The molecule has 1 aromatic heterocycles. The van der Waals surface area contributed by atoms with Gasteiger partial charge in [-0.25, -0.2) is 0 Å². The molecule has 0 saturated carbocycles. The van der Waals surface area contributed by atoms with Gasteiger partial charge in [0.05, 0.1) is 25.3 Å². The van der Waals surface area contributed by atoms with E-state index in [1.165, 1.54) is 16.5 Å². The summed E-state index contributed by atoms with van der Waals surface area (Å²) in [7, 11) is 0. The molecule has 0 amide bonds. The van der Waals surface area contributed by atoms with E-state index in [-0.39, 0.29) is 6.61 Å². The van der Waals surface area contributed by atoms with Gasteiger partial charge >= 0.3 is 0 Å². The maximum absolute atomic E-state index is 8.70. The van der Waals surface area contributed by atoms with E-state index in [9.17, 15) is 0 Å². The van der Waals surface area contributed by atoms with Crippen LogP contribution >= 0.6 is 0 Å². The van der Waals surface area contributed by atoms with Crippen molar-refractivity contribution in [2.24, 2.45) is 0 Å². The number of para-hydroxylation sites is 1. The van der Waals surface area contributed by atoms with E-state index in [0.29, 0.717) is 13.2 Å². The minimum atomic E-state index is 0.0814. The van der Waals surface area contributed by atoms with Crippen LogP contribution in [0.2, 0.25) is 0 Å². The molecule has 0 radical (unpaired) electrons. The number of ether oxygens (including phenoxy) is 1. The molecular formula is C15H22N2O2. The van der Waals surface area contributed by atoms with Crippen LogP contribution in [0.1, 0.15) is 12.5 Å². The zero-order chi connectivity index (χ0) is 13.5. The minimum absolute atomic E-state index is 0.0814. The van der Waals surface area contributed by atoms with E-state index in [4.69, 9.17) is 9.84 Å². The van der Waals surface area contributed by atoms with Crippen molar-refractivity contribution in [2.75, 3.05) is 26.4 Å². The predicted molar refractivity (Wildman–Crippen MR) is 77.2 cm³/mol. The molecule has 0 aliphatic heterocycles. The first-order chi connectivity index (χ1) is 9.36. The summed E-state index contributed by atoms with van der Waals surface area (Å²) in [5.41, 5.74) is 2.59. The molecule has 0 bridgehead atoms. The normalized spacial score (nSPS) is 11.3. The lowest BCUT2D eigenvalue weighted by Gasteiger charge is -2.10.